The first-order valence-electron chi connectivity index (χ1n) is 9.14. The van der Waals surface area contributed by atoms with E-state index in [4.69, 9.17) is 0 Å². The molecule has 4 nitrogen and oxygen atoms in total. The molecule has 0 N–H and O–H groups in total. The van der Waals surface area contributed by atoms with Crippen LogP contribution >= 0.6 is 11.8 Å². The smallest absolute Gasteiger partial charge is 0.253 e. The number of rotatable bonds is 3. The van der Waals surface area contributed by atoms with Crippen molar-refractivity contribution in [3.63, 3.8) is 0 Å². The molecule has 1 aliphatic heterocycles. The molecule has 0 spiro atoms. The number of benzene rings is 2. The van der Waals surface area contributed by atoms with Crippen molar-refractivity contribution in [3.8, 4) is 0 Å². The molecule has 140 valence electrons. The van der Waals surface area contributed by atoms with Gasteiger partial charge >= 0.3 is 0 Å². The molecular weight excluding hydrogens is 361 g/mol. The van der Waals surface area contributed by atoms with Gasteiger partial charge in [0.25, 0.3) is 5.91 Å². The van der Waals surface area contributed by atoms with Crippen LogP contribution in [0.2, 0.25) is 0 Å². The van der Waals surface area contributed by atoms with Crippen molar-refractivity contribution >= 4 is 28.7 Å². The number of likely N-dealkylation sites (tertiary alicyclic amines) is 1. The Morgan fingerprint density at radius 1 is 1.15 bits per heavy atom. The van der Waals surface area contributed by atoms with Crippen LogP contribution in [0.15, 0.2) is 47.4 Å². The number of fused-ring (bicyclic) bond motifs is 1. The first kappa shape index (κ1) is 18.0. The van der Waals surface area contributed by atoms with Gasteiger partial charge in [-0.15, -0.1) is 11.8 Å². The van der Waals surface area contributed by atoms with Gasteiger partial charge in [0, 0.05) is 29.6 Å². The van der Waals surface area contributed by atoms with Crippen molar-refractivity contribution < 1.29 is 9.18 Å². The third-order valence-electron chi connectivity index (χ3n) is 5.28. The maximum Gasteiger partial charge on any atom is 0.253 e. The highest BCUT2D eigenvalue weighted by Crippen LogP contribution is 2.29. The van der Waals surface area contributed by atoms with Crippen molar-refractivity contribution in [2.75, 3.05) is 19.3 Å². The number of carbonyl (C=O) groups is 1. The second kappa shape index (κ2) is 7.35. The van der Waals surface area contributed by atoms with E-state index in [1.165, 1.54) is 6.07 Å². The van der Waals surface area contributed by atoms with Crippen LogP contribution in [0.25, 0.3) is 11.0 Å². The number of imidazole rings is 1. The van der Waals surface area contributed by atoms with Crippen LogP contribution in [0, 0.1) is 12.7 Å². The van der Waals surface area contributed by atoms with E-state index in [1.807, 2.05) is 42.3 Å². The van der Waals surface area contributed by atoms with E-state index in [1.54, 1.807) is 23.9 Å². The van der Waals surface area contributed by atoms with Crippen LogP contribution in [0.3, 0.4) is 0 Å². The number of nitrogens with zero attached hydrogens (tertiary/aromatic N) is 3. The first-order valence-corrected chi connectivity index (χ1v) is 10.4. The van der Waals surface area contributed by atoms with Crippen molar-refractivity contribution in [1.29, 1.82) is 0 Å². The number of amides is 1. The Bertz CT molecular complexity index is 975. The standard InChI is InChI=1S/C21H22FN3OS/c1-14-23-19-8-5-16(22)13-20(19)25(14)17-9-11-24(12-10-17)21(26)15-3-6-18(27-2)7-4-15/h3-8,13,17H,9-12H2,1-2H3. The van der Waals surface area contributed by atoms with Gasteiger partial charge in [0.1, 0.15) is 11.6 Å². The minimum Gasteiger partial charge on any atom is -0.338 e. The Morgan fingerprint density at radius 2 is 1.85 bits per heavy atom. The Kier molecular flexibility index (Phi) is 4.91. The Balaban J connectivity index is 1.49. The summed E-state index contributed by atoms with van der Waals surface area (Å²) in [6, 6.07) is 12.7. The second-order valence-corrected chi connectivity index (χ2v) is 7.79. The zero-order valence-corrected chi connectivity index (χ0v) is 16.3. The zero-order valence-electron chi connectivity index (χ0n) is 15.5. The predicted molar refractivity (Wildman–Crippen MR) is 107 cm³/mol. The van der Waals surface area contributed by atoms with Crippen molar-refractivity contribution in [3.05, 3.63) is 59.7 Å². The van der Waals surface area contributed by atoms with Crippen LogP contribution < -0.4 is 0 Å². The number of carbonyl (C=O) groups excluding carboxylic acids is 1. The molecule has 1 fully saturated rings. The SMILES string of the molecule is CSc1ccc(C(=O)N2CCC(n3c(C)nc4ccc(F)cc43)CC2)cc1. The molecule has 3 aromatic rings. The fourth-order valence-electron chi connectivity index (χ4n) is 3.89. The second-order valence-electron chi connectivity index (χ2n) is 6.91. The number of hydrogen-bond acceptors (Lipinski definition) is 3. The maximum atomic E-state index is 13.7. The lowest BCUT2D eigenvalue weighted by Crippen LogP contribution is -2.39. The van der Waals surface area contributed by atoms with Crippen LogP contribution in [-0.4, -0.2) is 39.7 Å². The van der Waals surface area contributed by atoms with Gasteiger partial charge in [0.2, 0.25) is 0 Å². The molecular formula is C21H22FN3OS. The highest BCUT2D eigenvalue weighted by molar-refractivity contribution is 7.98. The van der Waals surface area contributed by atoms with E-state index in [2.05, 4.69) is 9.55 Å². The molecule has 27 heavy (non-hydrogen) atoms. The number of aryl methyl sites for hydroxylation is 1. The summed E-state index contributed by atoms with van der Waals surface area (Å²) < 4.78 is 15.8. The summed E-state index contributed by atoms with van der Waals surface area (Å²) in [4.78, 5) is 20.4. The molecule has 0 radical (unpaired) electrons. The molecule has 0 aliphatic carbocycles. The quantitative estimate of drug-likeness (QED) is 0.616. The Labute approximate surface area is 162 Å². The van der Waals surface area contributed by atoms with Crippen LogP contribution in [-0.2, 0) is 0 Å². The van der Waals surface area contributed by atoms with Gasteiger partial charge < -0.3 is 9.47 Å². The van der Waals surface area contributed by atoms with E-state index in [0.717, 1.165) is 40.2 Å². The lowest BCUT2D eigenvalue weighted by Gasteiger charge is -2.33. The van der Waals surface area contributed by atoms with Gasteiger partial charge in [-0.2, -0.15) is 0 Å². The molecule has 2 heterocycles. The molecule has 2 aromatic carbocycles. The summed E-state index contributed by atoms with van der Waals surface area (Å²) in [5.74, 6) is 0.734. The molecule has 1 aromatic heterocycles. The predicted octanol–water partition coefficient (Wildman–Crippen LogP) is 4.68. The minimum atomic E-state index is -0.245. The number of thioether (sulfide) groups is 1. The van der Waals surface area contributed by atoms with Crippen molar-refractivity contribution in [2.45, 2.75) is 30.7 Å². The van der Waals surface area contributed by atoms with Gasteiger partial charge in [-0.05, 0) is 68.5 Å². The molecule has 4 rings (SSSR count). The third-order valence-corrected chi connectivity index (χ3v) is 6.03. The average molecular weight is 383 g/mol. The topological polar surface area (TPSA) is 38.1 Å². The first-order chi connectivity index (χ1) is 13.1. The number of halogens is 1. The van der Waals surface area contributed by atoms with Gasteiger partial charge in [-0.25, -0.2) is 9.37 Å². The summed E-state index contributed by atoms with van der Waals surface area (Å²) in [7, 11) is 0. The highest BCUT2D eigenvalue weighted by atomic mass is 32.2. The minimum absolute atomic E-state index is 0.0827. The van der Waals surface area contributed by atoms with Crippen LogP contribution in [0.5, 0.6) is 0 Å². The lowest BCUT2D eigenvalue weighted by molar-refractivity contribution is 0.0695. The third kappa shape index (κ3) is 3.46. The molecule has 1 aliphatic rings. The maximum absolute atomic E-state index is 13.7. The van der Waals surface area contributed by atoms with E-state index < -0.39 is 0 Å². The highest BCUT2D eigenvalue weighted by Gasteiger charge is 2.26. The molecule has 0 saturated carbocycles. The monoisotopic (exact) mass is 383 g/mol. The number of aromatic nitrogens is 2. The zero-order chi connectivity index (χ0) is 19.0. The number of hydrogen-bond donors (Lipinski definition) is 0. The fourth-order valence-corrected chi connectivity index (χ4v) is 4.30. The average Bonchev–Trinajstić information content (AvgIpc) is 3.02. The van der Waals surface area contributed by atoms with Crippen LogP contribution in [0.4, 0.5) is 4.39 Å². The molecule has 0 atom stereocenters. The summed E-state index contributed by atoms with van der Waals surface area (Å²) >= 11 is 1.67. The van der Waals surface area contributed by atoms with Gasteiger partial charge in [-0.1, -0.05) is 0 Å². The van der Waals surface area contributed by atoms with Gasteiger partial charge in [0.15, 0.2) is 0 Å². The van der Waals surface area contributed by atoms with E-state index in [-0.39, 0.29) is 17.8 Å². The summed E-state index contributed by atoms with van der Waals surface area (Å²) in [5, 5.41) is 0. The van der Waals surface area contributed by atoms with E-state index >= 15 is 0 Å². The van der Waals surface area contributed by atoms with Crippen molar-refractivity contribution in [1.82, 2.24) is 14.5 Å². The molecule has 6 heteroatoms. The van der Waals surface area contributed by atoms with Crippen molar-refractivity contribution in [2.24, 2.45) is 0 Å². The fraction of sp³-hybridized carbons (Fsp3) is 0.333. The molecule has 1 amide bonds. The van der Waals surface area contributed by atoms with Gasteiger partial charge in [-0.3, -0.25) is 4.79 Å². The Morgan fingerprint density at radius 3 is 2.52 bits per heavy atom. The summed E-state index contributed by atoms with van der Waals surface area (Å²) in [6.45, 7) is 3.35. The largest absolute Gasteiger partial charge is 0.338 e. The normalized spacial score (nSPS) is 15.4. The van der Waals surface area contributed by atoms with Crippen LogP contribution in [0.1, 0.15) is 35.1 Å². The molecule has 1 saturated heterocycles. The molecule has 0 unspecified atom stereocenters. The van der Waals surface area contributed by atoms with Gasteiger partial charge in [0.05, 0.1) is 11.0 Å². The van der Waals surface area contributed by atoms with E-state index in [0.29, 0.717) is 13.1 Å². The summed E-state index contributed by atoms with van der Waals surface area (Å²) in [6.07, 6.45) is 3.71. The Hall–Kier alpha value is -2.34. The molecule has 0 bridgehead atoms. The summed E-state index contributed by atoms with van der Waals surface area (Å²) in [5.41, 5.74) is 2.39. The number of piperidine rings is 1. The lowest BCUT2D eigenvalue weighted by atomic mass is 10.0. The van der Waals surface area contributed by atoms with E-state index in [9.17, 15) is 9.18 Å².